The summed E-state index contributed by atoms with van der Waals surface area (Å²) >= 11 is 0. The molecule has 0 aliphatic rings. The van der Waals surface area contributed by atoms with Crippen molar-refractivity contribution >= 4 is 17.6 Å². The second-order valence-electron chi connectivity index (χ2n) is 7.04. The number of para-hydroxylation sites is 1. The number of aliphatic imine (C=N–C) groups is 1. The maximum Gasteiger partial charge on any atom is 0.455 e. The first-order valence-corrected chi connectivity index (χ1v) is 9.33. The van der Waals surface area contributed by atoms with Crippen LogP contribution in [0.15, 0.2) is 52.5 Å². The Morgan fingerprint density at radius 1 is 1.09 bits per heavy atom. The largest absolute Gasteiger partial charge is 0.455 e. The second-order valence-corrected chi connectivity index (χ2v) is 7.04. The van der Waals surface area contributed by atoms with Crippen molar-refractivity contribution < 1.29 is 35.1 Å². The molecule has 1 aromatic carbocycles. The predicted octanol–water partition coefficient (Wildman–Crippen LogP) is 4.38. The minimum absolute atomic E-state index is 0.251. The van der Waals surface area contributed by atoms with Crippen LogP contribution in [0.25, 0.3) is 17.0 Å². The van der Waals surface area contributed by atoms with Crippen molar-refractivity contribution in [2.45, 2.75) is 25.2 Å². The highest BCUT2D eigenvalue weighted by Crippen LogP contribution is 2.36. The third-order valence-corrected chi connectivity index (χ3v) is 4.65. The number of hydrogen-bond acceptors (Lipinski definition) is 4. The molecular formula is C20H15F8N5O. The number of nitrogens with two attached hydrogens (primary N) is 1. The number of halogens is 8. The van der Waals surface area contributed by atoms with Gasteiger partial charge in [0.15, 0.2) is 5.69 Å². The molecule has 0 spiro atoms. The molecule has 0 atom stereocenters. The van der Waals surface area contributed by atoms with Gasteiger partial charge < -0.3 is 5.73 Å². The highest BCUT2D eigenvalue weighted by molar-refractivity contribution is 6.10. The van der Waals surface area contributed by atoms with Gasteiger partial charge in [-0.1, -0.05) is 18.2 Å². The van der Waals surface area contributed by atoms with E-state index < -0.39 is 53.0 Å². The molecular weight excluding hydrogens is 478 g/mol. The highest BCUT2D eigenvalue weighted by atomic mass is 19.4. The average molecular weight is 493 g/mol. The van der Waals surface area contributed by atoms with Crippen molar-refractivity contribution in [2.24, 2.45) is 10.7 Å². The van der Waals surface area contributed by atoms with E-state index >= 15 is 0 Å². The van der Waals surface area contributed by atoms with Crippen LogP contribution in [0, 0.1) is 6.92 Å². The monoisotopic (exact) mass is 493 g/mol. The van der Waals surface area contributed by atoms with Gasteiger partial charge >= 0.3 is 18.3 Å². The smallest absolute Gasteiger partial charge is 0.404 e. The third-order valence-electron chi connectivity index (χ3n) is 4.65. The van der Waals surface area contributed by atoms with Crippen LogP contribution in [0.3, 0.4) is 0 Å². The minimum atomic E-state index is -5.92. The summed E-state index contributed by atoms with van der Waals surface area (Å²) in [5.41, 5.74) is 1.04. The molecule has 0 amide bonds. The first-order valence-electron chi connectivity index (χ1n) is 9.33. The first kappa shape index (κ1) is 24.9. The zero-order chi connectivity index (χ0) is 25.5. The molecule has 0 saturated heterocycles. The summed E-state index contributed by atoms with van der Waals surface area (Å²) in [4.78, 5) is 19.5. The highest BCUT2D eigenvalue weighted by Gasteiger charge is 2.57. The molecule has 0 saturated carbocycles. The number of benzene rings is 1. The number of nitrogens with zero attached hydrogens (tertiary/aromatic N) is 4. The Labute approximate surface area is 185 Å². The second kappa shape index (κ2) is 8.57. The van der Waals surface area contributed by atoms with Gasteiger partial charge in [-0.15, -0.1) is 0 Å². The number of allylic oxidation sites excluding steroid dienone is 1. The quantitative estimate of drug-likeness (QED) is 0.424. The lowest BCUT2D eigenvalue weighted by Gasteiger charge is -2.17. The van der Waals surface area contributed by atoms with Crippen LogP contribution >= 0.6 is 0 Å². The molecule has 182 valence electrons. The van der Waals surface area contributed by atoms with E-state index in [1.165, 1.54) is 17.7 Å². The van der Waals surface area contributed by atoms with Crippen molar-refractivity contribution in [1.29, 1.82) is 0 Å². The van der Waals surface area contributed by atoms with Gasteiger partial charge in [0.1, 0.15) is 6.54 Å². The first-order chi connectivity index (χ1) is 15.7. The van der Waals surface area contributed by atoms with Gasteiger partial charge in [-0.05, 0) is 19.1 Å². The van der Waals surface area contributed by atoms with Crippen molar-refractivity contribution in [3.8, 4) is 5.69 Å². The maximum absolute atomic E-state index is 13.9. The van der Waals surface area contributed by atoms with Gasteiger partial charge in [-0.3, -0.25) is 18.8 Å². The molecule has 0 radical (unpaired) electrons. The molecule has 3 aromatic rings. The van der Waals surface area contributed by atoms with Crippen LogP contribution in [0.1, 0.15) is 17.0 Å². The van der Waals surface area contributed by atoms with E-state index in [1.807, 2.05) is 0 Å². The number of aromatic nitrogens is 3. The van der Waals surface area contributed by atoms with Crippen LogP contribution in [-0.2, 0) is 6.18 Å². The average Bonchev–Trinajstić information content (AvgIpc) is 3.07. The molecule has 2 aromatic heterocycles. The zero-order valence-electron chi connectivity index (χ0n) is 17.1. The van der Waals surface area contributed by atoms with Gasteiger partial charge in [0.05, 0.1) is 5.56 Å². The normalized spacial score (nSPS) is 13.9. The van der Waals surface area contributed by atoms with Gasteiger partial charge in [-0.25, -0.2) is 4.98 Å². The number of aryl methyl sites for hydroxylation is 1. The SMILES string of the molecule is Cc1cn2c(=O)c(C(C=NCC(F)(F)C(F)(F)F)=CN)c(C(F)(F)F)nc2n1-c1ccccc1. The summed E-state index contributed by atoms with van der Waals surface area (Å²) in [5, 5.41) is 0. The minimum Gasteiger partial charge on any atom is -0.404 e. The lowest BCUT2D eigenvalue weighted by atomic mass is 10.1. The van der Waals surface area contributed by atoms with Crippen molar-refractivity contribution in [3.05, 3.63) is 70.0 Å². The van der Waals surface area contributed by atoms with Gasteiger partial charge in [0.25, 0.3) is 5.56 Å². The fourth-order valence-corrected chi connectivity index (χ4v) is 3.10. The number of rotatable bonds is 5. The van der Waals surface area contributed by atoms with Crippen LogP contribution in [0.4, 0.5) is 35.1 Å². The molecule has 34 heavy (non-hydrogen) atoms. The van der Waals surface area contributed by atoms with E-state index in [2.05, 4.69) is 9.98 Å². The molecule has 3 rings (SSSR count). The van der Waals surface area contributed by atoms with E-state index in [1.54, 1.807) is 30.3 Å². The maximum atomic E-state index is 13.9. The van der Waals surface area contributed by atoms with Crippen LogP contribution in [0.5, 0.6) is 0 Å². The lowest BCUT2D eigenvalue weighted by Crippen LogP contribution is -2.39. The van der Waals surface area contributed by atoms with E-state index in [9.17, 15) is 39.9 Å². The number of alkyl halides is 8. The summed E-state index contributed by atoms with van der Waals surface area (Å²) in [7, 11) is 0. The molecule has 0 unspecified atom stereocenters. The van der Waals surface area contributed by atoms with Gasteiger partial charge in [-0.2, -0.15) is 35.1 Å². The molecule has 0 bridgehead atoms. The summed E-state index contributed by atoms with van der Waals surface area (Å²) in [6, 6.07) is 8.04. The Morgan fingerprint density at radius 3 is 2.24 bits per heavy atom. The zero-order valence-corrected chi connectivity index (χ0v) is 17.1. The van der Waals surface area contributed by atoms with Crippen LogP contribution in [0.2, 0.25) is 0 Å². The number of imidazole rings is 1. The Bertz CT molecular complexity index is 1320. The molecule has 0 fully saturated rings. The fourth-order valence-electron chi connectivity index (χ4n) is 3.10. The van der Waals surface area contributed by atoms with E-state index in [0.29, 0.717) is 17.6 Å². The number of hydrogen-bond donors (Lipinski definition) is 1. The summed E-state index contributed by atoms with van der Waals surface area (Å²) in [5.74, 6) is -5.64. The lowest BCUT2D eigenvalue weighted by molar-refractivity contribution is -0.276. The van der Waals surface area contributed by atoms with Crippen molar-refractivity contribution in [3.63, 3.8) is 0 Å². The summed E-state index contributed by atoms with van der Waals surface area (Å²) < 4.78 is 107. The van der Waals surface area contributed by atoms with E-state index in [-0.39, 0.29) is 6.21 Å². The Balaban J connectivity index is 2.22. The number of fused-ring (bicyclic) bond motifs is 1. The predicted molar refractivity (Wildman–Crippen MR) is 107 cm³/mol. The van der Waals surface area contributed by atoms with E-state index in [4.69, 9.17) is 5.73 Å². The topological polar surface area (TPSA) is 77.7 Å². The molecule has 6 nitrogen and oxygen atoms in total. The standard InChI is InChI=1S/C20H15F8N5O/c1-11-9-32-16(34)14(12(7-29)8-30-10-18(21,22)20(26,27)28)15(19(23,24)25)31-17(32)33(11)13-5-3-2-4-6-13/h2-9H,10,29H2,1H3. The molecule has 2 heterocycles. The molecule has 0 aliphatic carbocycles. The van der Waals surface area contributed by atoms with E-state index in [0.717, 1.165) is 4.40 Å². The van der Waals surface area contributed by atoms with Gasteiger partial charge in [0, 0.05) is 35.6 Å². The molecule has 2 N–H and O–H groups in total. The third kappa shape index (κ3) is 4.52. The van der Waals surface area contributed by atoms with Crippen molar-refractivity contribution in [2.75, 3.05) is 6.54 Å². The van der Waals surface area contributed by atoms with Crippen LogP contribution < -0.4 is 11.3 Å². The summed E-state index contributed by atoms with van der Waals surface area (Å²) in [6.07, 6.45) is -9.24. The molecule has 14 heteroatoms. The Kier molecular flexibility index (Phi) is 6.28. The van der Waals surface area contributed by atoms with Crippen LogP contribution in [-0.4, -0.2) is 38.8 Å². The summed E-state index contributed by atoms with van der Waals surface area (Å²) in [6.45, 7) is -0.607. The molecule has 0 aliphatic heterocycles. The Morgan fingerprint density at radius 2 is 1.71 bits per heavy atom. The van der Waals surface area contributed by atoms with Gasteiger partial charge in [0.2, 0.25) is 5.78 Å². The van der Waals surface area contributed by atoms with Crippen molar-refractivity contribution in [1.82, 2.24) is 14.0 Å². The fraction of sp³-hybridized carbons (Fsp3) is 0.250. The Hall–Kier alpha value is -3.71.